The Balaban J connectivity index is 1.89. The molecule has 1 heterocycles. The first-order valence-electron chi connectivity index (χ1n) is 7.96. The second kappa shape index (κ2) is 6.67. The molecule has 0 aliphatic carbocycles. The molecule has 24 heavy (non-hydrogen) atoms. The summed E-state index contributed by atoms with van der Waals surface area (Å²) in [4.78, 5) is 19.0. The maximum atomic E-state index is 12.3. The van der Waals surface area contributed by atoms with Gasteiger partial charge in [-0.3, -0.25) is 4.79 Å². The molecular formula is C21H20N2O. The highest BCUT2D eigenvalue weighted by Crippen LogP contribution is 2.25. The number of aliphatic imine (C=N–C) groups is 1. The molecule has 0 radical (unpaired) electrons. The van der Waals surface area contributed by atoms with Crippen LogP contribution in [0.3, 0.4) is 0 Å². The predicted molar refractivity (Wildman–Crippen MR) is 99.4 cm³/mol. The molecule has 120 valence electrons. The van der Waals surface area contributed by atoms with Gasteiger partial charge in [0.1, 0.15) is 5.84 Å². The lowest BCUT2D eigenvalue weighted by atomic mass is 10.1. The minimum atomic E-state index is -0.0324. The number of hydrogen-bond acceptors (Lipinski definition) is 3. The van der Waals surface area contributed by atoms with Crippen molar-refractivity contribution in [2.45, 2.75) is 20.8 Å². The maximum Gasteiger partial charge on any atom is 0.187 e. The largest absolute Gasteiger partial charge is 0.303 e. The second-order valence-corrected chi connectivity index (χ2v) is 5.92. The molecule has 0 saturated carbocycles. The van der Waals surface area contributed by atoms with Gasteiger partial charge in [-0.05, 0) is 39.0 Å². The van der Waals surface area contributed by atoms with E-state index in [4.69, 9.17) is 0 Å². The van der Waals surface area contributed by atoms with Crippen molar-refractivity contribution in [3.8, 4) is 0 Å². The van der Waals surface area contributed by atoms with E-state index in [9.17, 15) is 4.79 Å². The SMILES string of the molecule is CC1=CC(=CC(=O)c2ccccc2)N=C(C)N1c1ccc(C)cc1. The van der Waals surface area contributed by atoms with Crippen molar-refractivity contribution in [2.75, 3.05) is 4.90 Å². The molecule has 1 aliphatic heterocycles. The number of benzene rings is 2. The minimum absolute atomic E-state index is 0.0324. The van der Waals surface area contributed by atoms with E-state index < -0.39 is 0 Å². The number of allylic oxidation sites excluding steroid dienone is 3. The molecule has 0 amide bonds. The van der Waals surface area contributed by atoms with Crippen LogP contribution in [0.5, 0.6) is 0 Å². The number of rotatable bonds is 3. The monoisotopic (exact) mass is 316 g/mol. The maximum absolute atomic E-state index is 12.3. The Morgan fingerprint density at radius 2 is 1.62 bits per heavy atom. The van der Waals surface area contributed by atoms with Crippen molar-refractivity contribution >= 4 is 17.3 Å². The Bertz CT molecular complexity index is 821. The molecule has 2 aromatic rings. The van der Waals surface area contributed by atoms with Gasteiger partial charge in [-0.15, -0.1) is 0 Å². The van der Waals surface area contributed by atoms with Crippen LogP contribution in [0, 0.1) is 6.92 Å². The molecule has 0 N–H and O–H groups in total. The molecule has 0 aromatic heterocycles. The summed E-state index contributed by atoms with van der Waals surface area (Å²) >= 11 is 0. The Morgan fingerprint density at radius 3 is 2.25 bits per heavy atom. The number of anilines is 1. The van der Waals surface area contributed by atoms with Gasteiger partial charge >= 0.3 is 0 Å². The molecule has 3 heteroatoms. The third kappa shape index (κ3) is 3.35. The van der Waals surface area contributed by atoms with E-state index in [1.165, 1.54) is 5.56 Å². The first-order chi connectivity index (χ1) is 11.5. The molecule has 0 atom stereocenters. The van der Waals surface area contributed by atoms with E-state index >= 15 is 0 Å². The highest BCUT2D eigenvalue weighted by Gasteiger charge is 2.17. The van der Waals surface area contributed by atoms with Crippen molar-refractivity contribution in [3.05, 3.63) is 89.3 Å². The normalized spacial score (nSPS) is 16.0. The van der Waals surface area contributed by atoms with E-state index in [-0.39, 0.29) is 5.78 Å². The quantitative estimate of drug-likeness (QED) is 0.596. The van der Waals surface area contributed by atoms with Crippen molar-refractivity contribution in [1.82, 2.24) is 0 Å². The van der Waals surface area contributed by atoms with Crippen LogP contribution in [-0.4, -0.2) is 11.6 Å². The summed E-state index contributed by atoms with van der Waals surface area (Å²) in [7, 11) is 0. The van der Waals surface area contributed by atoms with Crippen molar-refractivity contribution in [1.29, 1.82) is 0 Å². The summed E-state index contributed by atoms with van der Waals surface area (Å²) in [6.45, 7) is 6.05. The van der Waals surface area contributed by atoms with E-state index in [1.54, 1.807) is 6.08 Å². The van der Waals surface area contributed by atoms with Crippen LogP contribution in [0.15, 0.2) is 83.1 Å². The van der Waals surface area contributed by atoms with Crippen LogP contribution in [-0.2, 0) is 0 Å². The van der Waals surface area contributed by atoms with Crippen LogP contribution >= 0.6 is 0 Å². The Hall–Kier alpha value is -2.94. The molecule has 0 unspecified atom stereocenters. The summed E-state index contributed by atoms with van der Waals surface area (Å²) in [5, 5.41) is 0. The number of hydrogen-bond donors (Lipinski definition) is 0. The lowest BCUT2D eigenvalue weighted by molar-refractivity contribution is 0.104. The van der Waals surface area contributed by atoms with Crippen LogP contribution in [0.4, 0.5) is 5.69 Å². The average molecular weight is 316 g/mol. The minimum Gasteiger partial charge on any atom is -0.303 e. The molecule has 0 bridgehead atoms. The summed E-state index contributed by atoms with van der Waals surface area (Å²) in [6, 6.07) is 17.6. The topological polar surface area (TPSA) is 32.7 Å². The Labute approximate surface area is 142 Å². The number of carbonyl (C=O) groups is 1. The second-order valence-electron chi connectivity index (χ2n) is 5.92. The Kier molecular flexibility index (Phi) is 4.43. The smallest absolute Gasteiger partial charge is 0.187 e. The summed E-state index contributed by atoms with van der Waals surface area (Å²) in [5.74, 6) is 0.820. The highest BCUT2D eigenvalue weighted by atomic mass is 16.1. The molecule has 3 nitrogen and oxygen atoms in total. The zero-order valence-electron chi connectivity index (χ0n) is 14.2. The summed E-state index contributed by atoms with van der Waals surface area (Å²) in [5.41, 5.74) is 4.69. The lowest BCUT2D eigenvalue weighted by Gasteiger charge is -2.28. The van der Waals surface area contributed by atoms with E-state index in [1.807, 2.05) is 50.3 Å². The molecule has 0 saturated heterocycles. The van der Waals surface area contributed by atoms with Crippen LogP contribution in [0.2, 0.25) is 0 Å². The van der Waals surface area contributed by atoms with Crippen LogP contribution in [0.1, 0.15) is 29.8 Å². The summed E-state index contributed by atoms with van der Waals surface area (Å²) in [6.07, 6.45) is 3.53. The first kappa shape index (κ1) is 15.9. The number of ketones is 1. The standard InChI is InChI=1S/C21H20N2O/c1-15-9-11-20(12-10-15)23-16(2)13-19(22-17(23)3)14-21(24)18-7-5-4-6-8-18/h4-14H,1-3H3. The van der Waals surface area contributed by atoms with Gasteiger partial charge in [0.15, 0.2) is 5.78 Å². The molecule has 0 spiro atoms. The fourth-order valence-corrected chi connectivity index (χ4v) is 2.78. The fourth-order valence-electron chi connectivity index (χ4n) is 2.78. The van der Waals surface area contributed by atoms with Gasteiger partial charge in [0.25, 0.3) is 0 Å². The van der Waals surface area contributed by atoms with Gasteiger partial charge in [0.2, 0.25) is 0 Å². The van der Waals surface area contributed by atoms with Crippen molar-refractivity contribution in [2.24, 2.45) is 4.99 Å². The summed E-state index contributed by atoms with van der Waals surface area (Å²) < 4.78 is 0. The van der Waals surface area contributed by atoms with Gasteiger partial charge in [-0.2, -0.15) is 0 Å². The van der Waals surface area contributed by atoms with Crippen molar-refractivity contribution < 1.29 is 4.79 Å². The van der Waals surface area contributed by atoms with E-state index in [0.29, 0.717) is 11.3 Å². The van der Waals surface area contributed by atoms with Gasteiger partial charge in [0.05, 0.1) is 5.70 Å². The fraction of sp³-hybridized carbons (Fsp3) is 0.143. The van der Waals surface area contributed by atoms with Crippen molar-refractivity contribution in [3.63, 3.8) is 0 Å². The van der Waals surface area contributed by atoms with Gasteiger partial charge < -0.3 is 4.90 Å². The number of amidine groups is 1. The Morgan fingerprint density at radius 1 is 0.958 bits per heavy atom. The predicted octanol–water partition coefficient (Wildman–Crippen LogP) is 4.90. The van der Waals surface area contributed by atoms with E-state index in [0.717, 1.165) is 17.2 Å². The first-order valence-corrected chi connectivity index (χ1v) is 7.96. The van der Waals surface area contributed by atoms with Crippen LogP contribution < -0.4 is 4.90 Å². The van der Waals surface area contributed by atoms with Gasteiger partial charge in [0, 0.05) is 23.0 Å². The van der Waals surface area contributed by atoms with Gasteiger partial charge in [-0.1, -0.05) is 48.0 Å². The zero-order chi connectivity index (χ0) is 17.1. The lowest BCUT2D eigenvalue weighted by Crippen LogP contribution is -2.29. The van der Waals surface area contributed by atoms with Crippen LogP contribution in [0.25, 0.3) is 0 Å². The highest BCUT2D eigenvalue weighted by molar-refractivity contribution is 6.06. The zero-order valence-corrected chi connectivity index (χ0v) is 14.2. The third-order valence-electron chi connectivity index (χ3n) is 3.95. The molecule has 3 rings (SSSR count). The molecule has 1 aliphatic rings. The van der Waals surface area contributed by atoms with E-state index in [2.05, 4.69) is 41.1 Å². The molecular weight excluding hydrogens is 296 g/mol. The average Bonchev–Trinajstić information content (AvgIpc) is 2.57. The number of aryl methyl sites for hydroxylation is 1. The van der Waals surface area contributed by atoms with Gasteiger partial charge in [-0.25, -0.2) is 4.99 Å². The molecule has 0 fully saturated rings. The number of nitrogens with zero attached hydrogens (tertiary/aromatic N) is 2. The third-order valence-corrected chi connectivity index (χ3v) is 3.95. The number of carbonyl (C=O) groups excluding carboxylic acids is 1. The molecule has 2 aromatic carbocycles.